The molecule has 2 nitrogen and oxygen atoms in total. The molecule has 3 heteroatoms. The molecule has 0 amide bonds. The Morgan fingerprint density at radius 3 is 2.67 bits per heavy atom. The third-order valence-electron chi connectivity index (χ3n) is 2.17. The Balaban J connectivity index is 2.66. The molecule has 0 N–H and O–H groups in total. The van der Waals surface area contributed by atoms with Gasteiger partial charge in [-0.2, -0.15) is 0 Å². The third-order valence-corrected chi connectivity index (χ3v) is 2.48. The fraction of sp³-hybridized carbons (Fsp3) is 0.500. The predicted octanol–water partition coefficient (Wildman–Crippen LogP) is 3.74. The van der Waals surface area contributed by atoms with E-state index in [1.165, 1.54) is 6.20 Å². The van der Waals surface area contributed by atoms with Crippen LogP contribution in [0.4, 0.5) is 0 Å². The van der Waals surface area contributed by atoms with Crippen LogP contribution in [0, 0.1) is 5.41 Å². The van der Waals surface area contributed by atoms with Gasteiger partial charge in [-0.1, -0.05) is 32.4 Å². The zero-order chi connectivity index (χ0) is 11.5. The number of carbonyl (C=O) groups is 1. The van der Waals surface area contributed by atoms with Crippen LogP contribution in [-0.2, 0) is 0 Å². The van der Waals surface area contributed by atoms with Gasteiger partial charge in [0.25, 0.3) is 0 Å². The molecule has 0 radical (unpaired) electrons. The minimum atomic E-state index is 0.0947. The largest absolute Gasteiger partial charge is 0.294 e. The number of nitrogens with zero attached hydrogens (tertiary/aromatic N) is 1. The first-order valence-electron chi connectivity index (χ1n) is 5.03. The van der Waals surface area contributed by atoms with Crippen molar-refractivity contribution in [1.82, 2.24) is 4.98 Å². The number of hydrogen-bond acceptors (Lipinski definition) is 2. The highest BCUT2D eigenvalue weighted by Crippen LogP contribution is 2.23. The summed E-state index contributed by atoms with van der Waals surface area (Å²) in [5.74, 6) is 0.0947. The van der Waals surface area contributed by atoms with Crippen molar-refractivity contribution in [2.24, 2.45) is 5.41 Å². The fourth-order valence-electron chi connectivity index (χ4n) is 1.22. The molecule has 0 unspecified atom stereocenters. The monoisotopic (exact) mass is 225 g/mol. The van der Waals surface area contributed by atoms with Crippen molar-refractivity contribution in [3.8, 4) is 0 Å². The number of halogens is 1. The van der Waals surface area contributed by atoms with Gasteiger partial charge in [0.15, 0.2) is 5.78 Å². The fourth-order valence-corrected chi connectivity index (χ4v) is 1.45. The molecule has 0 aliphatic heterocycles. The quantitative estimate of drug-likeness (QED) is 0.734. The molecule has 0 bridgehead atoms. The summed E-state index contributed by atoms with van der Waals surface area (Å²) in [6.07, 6.45) is 4.50. The third kappa shape index (κ3) is 4.00. The molecule has 82 valence electrons. The summed E-state index contributed by atoms with van der Waals surface area (Å²) in [5, 5.41) is 0.441. The Morgan fingerprint density at radius 1 is 1.47 bits per heavy atom. The van der Waals surface area contributed by atoms with Gasteiger partial charge < -0.3 is 0 Å². The summed E-state index contributed by atoms with van der Waals surface area (Å²) in [6, 6.07) is 1.67. The van der Waals surface area contributed by atoms with E-state index in [9.17, 15) is 4.79 Å². The summed E-state index contributed by atoms with van der Waals surface area (Å²) in [5.41, 5.74) is 0.755. The Bertz CT molecular complexity index is 355. The lowest BCUT2D eigenvalue weighted by atomic mass is 9.89. The van der Waals surface area contributed by atoms with Crippen LogP contribution in [0.3, 0.4) is 0 Å². The molecule has 0 aromatic carbocycles. The lowest BCUT2D eigenvalue weighted by Gasteiger charge is -2.17. The van der Waals surface area contributed by atoms with Crippen LogP contribution in [-0.4, -0.2) is 10.8 Å². The van der Waals surface area contributed by atoms with Crippen molar-refractivity contribution < 1.29 is 4.79 Å². The van der Waals surface area contributed by atoms with Crippen LogP contribution in [0.5, 0.6) is 0 Å². The molecule has 0 fully saturated rings. The molecule has 0 aliphatic carbocycles. The molecular weight excluding hydrogens is 210 g/mol. The molecule has 1 aromatic heterocycles. The first-order chi connectivity index (χ1) is 6.90. The topological polar surface area (TPSA) is 30.0 Å². The zero-order valence-corrected chi connectivity index (χ0v) is 10.1. The van der Waals surface area contributed by atoms with E-state index in [1.807, 2.05) is 0 Å². The lowest BCUT2D eigenvalue weighted by Crippen LogP contribution is -2.09. The standard InChI is InChI=1S/C12H16ClNO/c1-12(2,3)6-4-11(15)9-5-7-14-8-10(9)13/h5,7-8H,4,6H2,1-3H3. The van der Waals surface area contributed by atoms with Gasteiger partial charge in [-0.15, -0.1) is 0 Å². The SMILES string of the molecule is CC(C)(C)CCC(=O)c1ccncc1Cl. The van der Waals surface area contributed by atoms with Crippen LogP contribution in [0.1, 0.15) is 44.0 Å². The minimum absolute atomic E-state index is 0.0947. The van der Waals surface area contributed by atoms with Crippen LogP contribution in [0.25, 0.3) is 0 Å². The van der Waals surface area contributed by atoms with Gasteiger partial charge in [-0.3, -0.25) is 9.78 Å². The van der Waals surface area contributed by atoms with E-state index in [-0.39, 0.29) is 11.2 Å². The predicted molar refractivity (Wildman–Crippen MR) is 62.3 cm³/mol. The van der Waals surface area contributed by atoms with Gasteiger partial charge in [0.05, 0.1) is 5.02 Å². The van der Waals surface area contributed by atoms with Gasteiger partial charge in [0, 0.05) is 24.4 Å². The van der Waals surface area contributed by atoms with E-state index in [1.54, 1.807) is 12.3 Å². The summed E-state index contributed by atoms with van der Waals surface area (Å²) in [6.45, 7) is 6.36. The summed E-state index contributed by atoms with van der Waals surface area (Å²) < 4.78 is 0. The average molecular weight is 226 g/mol. The number of hydrogen-bond donors (Lipinski definition) is 0. The van der Waals surface area contributed by atoms with Gasteiger partial charge in [0.1, 0.15) is 0 Å². The zero-order valence-electron chi connectivity index (χ0n) is 9.38. The van der Waals surface area contributed by atoms with Crippen molar-refractivity contribution in [2.45, 2.75) is 33.6 Å². The molecule has 1 rings (SSSR count). The lowest BCUT2D eigenvalue weighted by molar-refractivity contribution is 0.0966. The summed E-state index contributed by atoms with van der Waals surface area (Å²) in [7, 11) is 0. The van der Waals surface area contributed by atoms with E-state index >= 15 is 0 Å². The van der Waals surface area contributed by atoms with Gasteiger partial charge in [-0.05, 0) is 17.9 Å². The normalized spacial score (nSPS) is 11.5. The highest BCUT2D eigenvalue weighted by Gasteiger charge is 2.15. The molecule has 15 heavy (non-hydrogen) atoms. The van der Waals surface area contributed by atoms with Crippen LogP contribution < -0.4 is 0 Å². The molecular formula is C12H16ClNO. The molecule has 0 aliphatic rings. The Kier molecular flexibility index (Phi) is 3.86. The maximum absolute atomic E-state index is 11.8. The second kappa shape index (κ2) is 4.75. The number of aromatic nitrogens is 1. The molecule has 0 saturated heterocycles. The Morgan fingerprint density at radius 2 is 2.13 bits per heavy atom. The van der Waals surface area contributed by atoms with Gasteiger partial charge >= 0.3 is 0 Å². The van der Waals surface area contributed by atoms with Crippen LogP contribution in [0.15, 0.2) is 18.5 Å². The minimum Gasteiger partial charge on any atom is -0.294 e. The highest BCUT2D eigenvalue weighted by molar-refractivity contribution is 6.33. The van der Waals surface area contributed by atoms with Gasteiger partial charge in [-0.25, -0.2) is 0 Å². The first-order valence-corrected chi connectivity index (χ1v) is 5.41. The Hall–Kier alpha value is -0.890. The average Bonchev–Trinajstić information content (AvgIpc) is 2.14. The summed E-state index contributed by atoms with van der Waals surface area (Å²) >= 11 is 5.89. The first kappa shape index (κ1) is 12.2. The van der Waals surface area contributed by atoms with Crippen molar-refractivity contribution >= 4 is 17.4 Å². The highest BCUT2D eigenvalue weighted by atomic mass is 35.5. The number of pyridine rings is 1. The van der Waals surface area contributed by atoms with Crippen molar-refractivity contribution in [3.63, 3.8) is 0 Å². The number of Topliss-reactive ketones (excluding diaryl/α,β-unsaturated/α-hetero) is 1. The summed E-state index contributed by atoms with van der Waals surface area (Å²) in [4.78, 5) is 15.7. The van der Waals surface area contributed by atoms with E-state index in [0.717, 1.165) is 6.42 Å². The van der Waals surface area contributed by atoms with Crippen molar-refractivity contribution in [2.75, 3.05) is 0 Å². The second-order valence-corrected chi connectivity index (χ2v) is 5.25. The number of ketones is 1. The smallest absolute Gasteiger partial charge is 0.164 e. The van der Waals surface area contributed by atoms with Crippen LogP contribution in [0.2, 0.25) is 5.02 Å². The van der Waals surface area contributed by atoms with Crippen molar-refractivity contribution in [1.29, 1.82) is 0 Å². The van der Waals surface area contributed by atoms with E-state index in [4.69, 9.17) is 11.6 Å². The Labute approximate surface area is 95.7 Å². The number of carbonyl (C=O) groups excluding carboxylic acids is 1. The van der Waals surface area contributed by atoms with E-state index in [0.29, 0.717) is 17.0 Å². The molecule has 0 saturated carbocycles. The molecule has 1 heterocycles. The van der Waals surface area contributed by atoms with Crippen LogP contribution >= 0.6 is 11.6 Å². The molecule has 0 spiro atoms. The van der Waals surface area contributed by atoms with E-state index in [2.05, 4.69) is 25.8 Å². The van der Waals surface area contributed by atoms with Gasteiger partial charge in [0.2, 0.25) is 0 Å². The number of rotatable bonds is 3. The van der Waals surface area contributed by atoms with E-state index < -0.39 is 0 Å². The van der Waals surface area contributed by atoms with Crippen molar-refractivity contribution in [3.05, 3.63) is 29.0 Å². The second-order valence-electron chi connectivity index (χ2n) is 4.84. The maximum Gasteiger partial charge on any atom is 0.164 e. The maximum atomic E-state index is 11.8. The molecule has 1 aromatic rings. The molecule has 0 atom stereocenters.